The summed E-state index contributed by atoms with van der Waals surface area (Å²) in [5.74, 6) is 0.0551. The van der Waals surface area contributed by atoms with Gasteiger partial charge < -0.3 is 14.0 Å². The normalized spacial score (nSPS) is 11.0. The Morgan fingerprint density at radius 3 is 2.55 bits per heavy atom. The third kappa shape index (κ3) is 4.45. The fraction of sp³-hybridized carbons (Fsp3) is 0.227. The first-order chi connectivity index (χ1) is 14.0. The average Bonchev–Trinajstić information content (AvgIpc) is 3.00. The Morgan fingerprint density at radius 2 is 1.86 bits per heavy atom. The number of esters is 1. The van der Waals surface area contributed by atoms with E-state index in [9.17, 15) is 9.59 Å². The minimum atomic E-state index is -0.322. The van der Waals surface area contributed by atoms with Crippen LogP contribution in [0.2, 0.25) is 0 Å². The zero-order valence-corrected chi connectivity index (χ0v) is 16.6. The third-order valence-corrected chi connectivity index (χ3v) is 4.58. The highest BCUT2D eigenvalue weighted by molar-refractivity contribution is 6.02. The number of benzene rings is 2. The highest BCUT2D eigenvalue weighted by Gasteiger charge is 2.15. The van der Waals surface area contributed by atoms with E-state index in [-0.39, 0.29) is 18.4 Å². The van der Waals surface area contributed by atoms with E-state index in [4.69, 9.17) is 9.47 Å². The fourth-order valence-corrected chi connectivity index (χ4v) is 3.12. The monoisotopic (exact) mass is 393 g/mol. The SMILES string of the molecule is CCOC(=O)Cn1c(C)c(/C=N\NC(=O)c2ccc(OC)cc2)c2ccccc21. The summed E-state index contributed by atoms with van der Waals surface area (Å²) in [6.45, 7) is 4.14. The molecule has 1 heterocycles. The van der Waals surface area contributed by atoms with Crippen LogP contribution in [0.15, 0.2) is 53.6 Å². The van der Waals surface area contributed by atoms with E-state index in [2.05, 4.69) is 10.5 Å². The third-order valence-electron chi connectivity index (χ3n) is 4.58. The molecule has 0 saturated carbocycles. The van der Waals surface area contributed by atoms with Gasteiger partial charge >= 0.3 is 5.97 Å². The second-order valence-electron chi connectivity index (χ2n) is 6.34. The van der Waals surface area contributed by atoms with E-state index in [1.54, 1.807) is 44.5 Å². The van der Waals surface area contributed by atoms with E-state index in [0.29, 0.717) is 17.9 Å². The minimum absolute atomic E-state index is 0.117. The van der Waals surface area contributed by atoms with Crippen molar-refractivity contribution < 1.29 is 19.1 Å². The van der Waals surface area contributed by atoms with E-state index >= 15 is 0 Å². The standard InChI is InChI=1S/C22H23N3O4/c1-4-29-21(26)14-25-15(2)19(18-7-5-6-8-20(18)25)13-23-24-22(27)16-9-11-17(28-3)12-10-16/h5-13H,4,14H2,1-3H3,(H,24,27)/b23-13-. The number of amides is 1. The maximum Gasteiger partial charge on any atom is 0.325 e. The van der Waals surface area contributed by atoms with Gasteiger partial charge in [0.1, 0.15) is 12.3 Å². The molecule has 1 amide bonds. The molecule has 0 aliphatic rings. The van der Waals surface area contributed by atoms with Crippen molar-refractivity contribution in [2.45, 2.75) is 20.4 Å². The zero-order valence-electron chi connectivity index (χ0n) is 16.6. The zero-order chi connectivity index (χ0) is 20.8. The fourth-order valence-electron chi connectivity index (χ4n) is 3.12. The van der Waals surface area contributed by atoms with Gasteiger partial charge in [0.25, 0.3) is 5.91 Å². The molecule has 0 spiro atoms. The molecule has 150 valence electrons. The Morgan fingerprint density at radius 1 is 1.14 bits per heavy atom. The molecule has 0 aliphatic carbocycles. The van der Waals surface area contributed by atoms with Crippen molar-refractivity contribution in [1.29, 1.82) is 0 Å². The molecule has 0 bridgehead atoms. The Kier molecular flexibility index (Phi) is 6.29. The predicted octanol–water partition coefficient (Wildman–Crippen LogP) is 3.29. The van der Waals surface area contributed by atoms with Gasteiger partial charge in [-0.25, -0.2) is 5.43 Å². The quantitative estimate of drug-likeness (QED) is 0.379. The topological polar surface area (TPSA) is 81.9 Å². The van der Waals surface area contributed by atoms with Crippen LogP contribution < -0.4 is 10.2 Å². The van der Waals surface area contributed by atoms with Gasteiger partial charge in [-0.3, -0.25) is 9.59 Å². The Bertz CT molecular complexity index is 1050. The maximum atomic E-state index is 12.3. The molecule has 0 unspecified atom stereocenters. The van der Waals surface area contributed by atoms with Crippen LogP contribution in [0.25, 0.3) is 10.9 Å². The lowest BCUT2D eigenvalue weighted by Crippen LogP contribution is -2.17. The minimum Gasteiger partial charge on any atom is -0.497 e. The van der Waals surface area contributed by atoms with Crippen molar-refractivity contribution in [3.8, 4) is 5.75 Å². The number of methoxy groups -OCH3 is 1. The number of ether oxygens (including phenoxy) is 2. The summed E-state index contributed by atoms with van der Waals surface area (Å²) in [5.41, 5.74) is 5.61. The Labute approximate surface area is 168 Å². The number of hydrazone groups is 1. The van der Waals surface area contributed by atoms with E-state index in [1.807, 2.05) is 35.8 Å². The number of hydrogen-bond donors (Lipinski definition) is 1. The summed E-state index contributed by atoms with van der Waals surface area (Å²) in [6.07, 6.45) is 1.60. The molecule has 3 aromatic rings. The van der Waals surface area contributed by atoms with Crippen molar-refractivity contribution in [2.24, 2.45) is 5.10 Å². The second-order valence-corrected chi connectivity index (χ2v) is 6.34. The summed E-state index contributed by atoms with van der Waals surface area (Å²) in [4.78, 5) is 24.3. The maximum absolute atomic E-state index is 12.3. The van der Waals surface area contributed by atoms with Gasteiger partial charge in [-0.2, -0.15) is 5.10 Å². The van der Waals surface area contributed by atoms with Gasteiger partial charge in [-0.1, -0.05) is 18.2 Å². The lowest BCUT2D eigenvalue weighted by atomic mass is 10.1. The van der Waals surface area contributed by atoms with Gasteiger partial charge in [0, 0.05) is 27.7 Å². The highest BCUT2D eigenvalue weighted by atomic mass is 16.5. The van der Waals surface area contributed by atoms with Gasteiger partial charge in [0.05, 0.1) is 19.9 Å². The number of nitrogens with one attached hydrogen (secondary N) is 1. The van der Waals surface area contributed by atoms with Crippen LogP contribution in [-0.4, -0.2) is 36.4 Å². The van der Waals surface area contributed by atoms with Gasteiger partial charge in [-0.15, -0.1) is 0 Å². The van der Waals surface area contributed by atoms with E-state index < -0.39 is 0 Å². The summed E-state index contributed by atoms with van der Waals surface area (Å²) >= 11 is 0. The first-order valence-electron chi connectivity index (χ1n) is 9.26. The molecule has 1 N–H and O–H groups in total. The number of nitrogens with zero attached hydrogens (tertiary/aromatic N) is 2. The molecular weight excluding hydrogens is 370 g/mol. The Hall–Kier alpha value is -3.61. The summed E-state index contributed by atoms with van der Waals surface area (Å²) < 4.78 is 12.1. The van der Waals surface area contributed by atoms with Crippen LogP contribution in [0.3, 0.4) is 0 Å². The highest BCUT2D eigenvalue weighted by Crippen LogP contribution is 2.24. The lowest BCUT2D eigenvalue weighted by Gasteiger charge is -2.07. The predicted molar refractivity (Wildman–Crippen MR) is 111 cm³/mol. The first kappa shape index (κ1) is 20.1. The summed E-state index contributed by atoms with van der Waals surface area (Å²) in [6, 6.07) is 14.5. The van der Waals surface area contributed by atoms with Crippen LogP contribution in [0, 0.1) is 6.92 Å². The van der Waals surface area contributed by atoms with Gasteiger partial charge in [0.2, 0.25) is 0 Å². The van der Waals surface area contributed by atoms with Crippen molar-refractivity contribution in [1.82, 2.24) is 9.99 Å². The van der Waals surface area contributed by atoms with Crippen molar-refractivity contribution in [3.63, 3.8) is 0 Å². The molecule has 0 fully saturated rings. The molecular formula is C22H23N3O4. The number of hydrogen-bond acceptors (Lipinski definition) is 5. The molecule has 2 aromatic carbocycles. The molecule has 0 aliphatic heterocycles. The van der Waals surface area contributed by atoms with Crippen molar-refractivity contribution in [3.05, 3.63) is 65.4 Å². The molecule has 1 aromatic heterocycles. The molecule has 0 saturated heterocycles. The van der Waals surface area contributed by atoms with Gasteiger partial charge in [0.15, 0.2) is 0 Å². The van der Waals surface area contributed by atoms with Crippen LogP contribution in [0.5, 0.6) is 5.75 Å². The molecule has 7 nitrogen and oxygen atoms in total. The van der Waals surface area contributed by atoms with E-state index in [1.165, 1.54) is 0 Å². The number of carbonyl (C=O) groups is 2. The Balaban J connectivity index is 1.82. The molecule has 29 heavy (non-hydrogen) atoms. The number of para-hydroxylation sites is 1. The summed E-state index contributed by atoms with van der Waals surface area (Å²) in [5, 5.41) is 5.06. The van der Waals surface area contributed by atoms with Crippen LogP contribution in [-0.2, 0) is 16.1 Å². The molecule has 7 heteroatoms. The number of aromatic nitrogens is 1. The smallest absolute Gasteiger partial charge is 0.325 e. The number of carbonyl (C=O) groups excluding carboxylic acids is 2. The van der Waals surface area contributed by atoms with Crippen LogP contribution >= 0.6 is 0 Å². The largest absolute Gasteiger partial charge is 0.497 e. The second kappa shape index (κ2) is 9.05. The van der Waals surface area contributed by atoms with E-state index in [0.717, 1.165) is 22.2 Å². The average molecular weight is 393 g/mol. The molecule has 3 rings (SSSR count). The van der Waals surface area contributed by atoms with Crippen LogP contribution in [0.1, 0.15) is 28.5 Å². The first-order valence-corrected chi connectivity index (χ1v) is 9.26. The molecule has 0 atom stereocenters. The number of fused-ring (bicyclic) bond motifs is 1. The van der Waals surface area contributed by atoms with Gasteiger partial charge in [-0.05, 0) is 44.2 Å². The van der Waals surface area contributed by atoms with Crippen molar-refractivity contribution in [2.75, 3.05) is 13.7 Å². The lowest BCUT2D eigenvalue weighted by molar-refractivity contribution is -0.143. The number of rotatable bonds is 7. The molecule has 0 radical (unpaired) electrons. The van der Waals surface area contributed by atoms with Crippen LogP contribution in [0.4, 0.5) is 0 Å². The summed E-state index contributed by atoms with van der Waals surface area (Å²) in [7, 11) is 1.57. The van der Waals surface area contributed by atoms with Crippen molar-refractivity contribution >= 4 is 29.0 Å².